The van der Waals surface area contributed by atoms with Crippen molar-refractivity contribution in [1.29, 1.82) is 0 Å². The van der Waals surface area contributed by atoms with E-state index in [9.17, 15) is 14.7 Å². The average molecular weight is 368 g/mol. The molecule has 0 saturated carbocycles. The Morgan fingerprint density at radius 1 is 1.00 bits per heavy atom. The largest absolute Gasteiger partial charge is 0.465 e. The minimum atomic E-state index is -0.583. The molecule has 0 radical (unpaired) electrons. The van der Waals surface area contributed by atoms with E-state index in [4.69, 9.17) is 9.47 Å². The van der Waals surface area contributed by atoms with E-state index in [0.717, 1.165) is 5.56 Å². The minimum absolute atomic E-state index is 0.169. The maximum atomic E-state index is 12.4. The lowest BCUT2D eigenvalue weighted by atomic mass is 9.88. The number of esters is 2. The maximum Gasteiger partial charge on any atom is 0.354 e. The lowest BCUT2D eigenvalue weighted by molar-refractivity contribution is -0.132. The first-order valence-electron chi connectivity index (χ1n) is 8.41. The summed E-state index contributed by atoms with van der Waals surface area (Å²) in [5.74, 6) is -1.62. The van der Waals surface area contributed by atoms with Crippen LogP contribution in [0.15, 0.2) is 59.7 Å². The zero-order valence-corrected chi connectivity index (χ0v) is 15.0. The van der Waals surface area contributed by atoms with Crippen LogP contribution in [-0.4, -0.2) is 49.6 Å². The van der Waals surface area contributed by atoms with Crippen LogP contribution in [0, 0.1) is 0 Å². The summed E-state index contributed by atoms with van der Waals surface area (Å²) in [4.78, 5) is 24.5. The molecular formula is C20H20N2O5. The van der Waals surface area contributed by atoms with Crippen LogP contribution in [0.3, 0.4) is 0 Å². The summed E-state index contributed by atoms with van der Waals surface area (Å²) < 4.78 is 9.74. The van der Waals surface area contributed by atoms with E-state index < -0.39 is 23.9 Å². The van der Waals surface area contributed by atoms with E-state index in [0.29, 0.717) is 11.3 Å². The van der Waals surface area contributed by atoms with Crippen molar-refractivity contribution >= 4 is 23.3 Å². The van der Waals surface area contributed by atoms with Crippen molar-refractivity contribution in [1.82, 2.24) is 0 Å². The number of hydrogen-bond acceptors (Lipinski definition) is 7. The fraction of sp³-hybridized carbons (Fsp3) is 0.250. The monoisotopic (exact) mass is 368 g/mol. The van der Waals surface area contributed by atoms with Crippen molar-refractivity contribution in [2.45, 2.75) is 12.0 Å². The van der Waals surface area contributed by atoms with Crippen molar-refractivity contribution in [3.63, 3.8) is 0 Å². The molecule has 27 heavy (non-hydrogen) atoms. The van der Waals surface area contributed by atoms with Gasteiger partial charge in [-0.3, -0.25) is 5.01 Å². The Labute approximate surface area is 156 Å². The number of para-hydroxylation sites is 1. The fourth-order valence-electron chi connectivity index (χ4n) is 3.26. The van der Waals surface area contributed by atoms with Crippen LogP contribution in [-0.2, 0) is 14.3 Å². The van der Waals surface area contributed by atoms with Crippen LogP contribution < -0.4 is 5.01 Å². The molecule has 0 aliphatic carbocycles. The molecule has 7 nitrogen and oxygen atoms in total. The number of ether oxygens (including phenoxy) is 2. The summed E-state index contributed by atoms with van der Waals surface area (Å²) in [5.41, 5.74) is 1.73. The van der Waals surface area contributed by atoms with Crippen LogP contribution >= 0.6 is 0 Å². The maximum absolute atomic E-state index is 12.4. The van der Waals surface area contributed by atoms with Gasteiger partial charge in [0, 0.05) is 0 Å². The van der Waals surface area contributed by atoms with Crippen LogP contribution in [0.4, 0.5) is 5.69 Å². The molecule has 0 bridgehead atoms. The van der Waals surface area contributed by atoms with Gasteiger partial charge in [-0.15, -0.1) is 0 Å². The van der Waals surface area contributed by atoms with E-state index in [1.54, 1.807) is 24.3 Å². The molecule has 1 aliphatic heterocycles. The third-order valence-corrected chi connectivity index (χ3v) is 4.51. The van der Waals surface area contributed by atoms with Crippen molar-refractivity contribution in [3.8, 4) is 0 Å². The number of nitrogens with zero attached hydrogens (tertiary/aromatic N) is 2. The minimum Gasteiger partial charge on any atom is -0.465 e. The molecule has 0 unspecified atom stereocenters. The predicted molar refractivity (Wildman–Crippen MR) is 99.8 cm³/mol. The SMILES string of the molecule is COC(=O)C1=NN(c2ccccc2C(=O)OC)[C@H](CO)[C@H]1c1ccccc1. The van der Waals surface area contributed by atoms with Crippen molar-refractivity contribution < 1.29 is 24.2 Å². The second-order valence-electron chi connectivity index (χ2n) is 5.97. The van der Waals surface area contributed by atoms with Gasteiger partial charge in [0.15, 0.2) is 5.71 Å². The second kappa shape index (κ2) is 8.01. The van der Waals surface area contributed by atoms with Gasteiger partial charge in [-0.2, -0.15) is 5.10 Å². The van der Waals surface area contributed by atoms with Crippen molar-refractivity contribution in [2.24, 2.45) is 5.10 Å². The summed E-state index contributed by atoms with van der Waals surface area (Å²) in [6.45, 7) is -0.279. The number of aliphatic hydroxyl groups is 1. The molecule has 2 atom stereocenters. The molecule has 0 spiro atoms. The quantitative estimate of drug-likeness (QED) is 0.812. The first-order chi connectivity index (χ1) is 13.1. The van der Waals surface area contributed by atoms with E-state index >= 15 is 0 Å². The third kappa shape index (κ3) is 3.41. The molecule has 1 N–H and O–H groups in total. The normalized spacial score (nSPS) is 18.8. The van der Waals surface area contributed by atoms with Crippen LogP contribution in [0.25, 0.3) is 0 Å². The summed E-state index contributed by atoms with van der Waals surface area (Å²) in [6, 6.07) is 15.5. The number of rotatable bonds is 5. The topological polar surface area (TPSA) is 88.4 Å². The van der Waals surface area contributed by atoms with Gasteiger partial charge in [-0.1, -0.05) is 42.5 Å². The number of carbonyl (C=O) groups is 2. The second-order valence-corrected chi connectivity index (χ2v) is 5.97. The molecule has 7 heteroatoms. The van der Waals surface area contributed by atoms with Gasteiger partial charge in [-0.25, -0.2) is 9.59 Å². The molecule has 0 aromatic heterocycles. The predicted octanol–water partition coefficient (Wildman–Crippen LogP) is 1.97. The van der Waals surface area contributed by atoms with E-state index in [1.165, 1.54) is 19.2 Å². The summed E-state index contributed by atoms with van der Waals surface area (Å²) >= 11 is 0. The molecule has 2 aromatic carbocycles. The smallest absolute Gasteiger partial charge is 0.354 e. The highest BCUT2D eigenvalue weighted by Crippen LogP contribution is 2.36. The summed E-state index contributed by atoms with van der Waals surface area (Å²) in [5, 5.41) is 16.0. The highest BCUT2D eigenvalue weighted by atomic mass is 16.5. The van der Waals surface area contributed by atoms with Crippen LogP contribution in [0.2, 0.25) is 0 Å². The van der Waals surface area contributed by atoms with E-state index in [1.807, 2.05) is 30.3 Å². The lowest BCUT2D eigenvalue weighted by Crippen LogP contribution is -2.37. The number of benzene rings is 2. The first-order valence-corrected chi connectivity index (χ1v) is 8.41. The molecule has 1 heterocycles. The molecule has 2 aromatic rings. The van der Waals surface area contributed by atoms with Crippen LogP contribution in [0.1, 0.15) is 21.8 Å². The number of anilines is 1. The number of hydrogen-bond donors (Lipinski definition) is 1. The highest BCUT2D eigenvalue weighted by Gasteiger charge is 2.43. The number of carbonyl (C=O) groups excluding carboxylic acids is 2. The van der Waals surface area contributed by atoms with Gasteiger partial charge in [0.05, 0.1) is 44.0 Å². The lowest BCUT2D eigenvalue weighted by Gasteiger charge is -2.27. The third-order valence-electron chi connectivity index (χ3n) is 4.51. The Morgan fingerprint density at radius 2 is 1.63 bits per heavy atom. The molecule has 140 valence electrons. The van der Waals surface area contributed by atoms with Gasteiger partial charge in [0.2, 0.25) is 0 Å². The van der Waals surface area contributed by atoms with Crippen LogP contribution in [0.5, 0.6) is 0 Å². The van der Waals surface area contributed by atoms with Gasteiger partial charge < -0.3 is 14.6 Å². The Hall–Kier alpha value is -3.19. The Morgan fingerprint density at radius 3 is 2.26 bits per heavy atom. The zero-order valence-electron chi connectivity index (χ0n) is 15.0. The number of methoxy groups -OCH3 is 2. The van der Waals surface area contributed by atoms with Crippen molar-refractivity contribution in [2.75, 3.05) is 25.8 Å². The summed E-state index contributed by atoms with van der Waals surface area (Å²) in [7, 11) is 2.58. The first kappa shape index (κ1) is 18.6. The molecule has 0 fully saturated rings. The number of aliphatic hydroxyl groups excluding tert-OH is 1. The fourth-order valence-corrected chi connectivity index (χ4v) is 3.26. The molecule has 3 rings (SSSR count). The average Bonchev–Trinajstić information content (AvgIpc) is 3.12. The Kier molecular flexibility index (Phi) is 5.52. The molecule has 0 saturated heterocycles. The van der Waals surface area contributed by atoms with E-state index in [-0.39, 0.29) is 12.3 Å². The van der Waals surface area contributed by atoms with Crippen molar-refractivity contribution in [3.05, 3.63) is 65.7 Å². The zero-order chi connectivity index (χ0) is 19.4. The van der Waals surface area contributed by atoms with Gasteiger partial charge in [0.25, 0.3) is 0 Å². The van der Waals surface area contributed by atoms with Gasteiger partial charge >= 0.3 is 11.9 Å². The Balaban J connectivity index is 2.13. The summed E-state index contributed by atoms with van der Waals surface area (Å²) in [6.07, 6.45) is 0. The standard InChI is InChI=1S/C20H20N2O5/c1-26-19(24)14-10-6-7-11-15(14)22-16(12-23)17(13-8-4-3-5-9-13)18(21-22)20(25)27-2/h3-11,16-17,23H,12H2,1-2H3/t16-,17-/m1/s1. The molecule has 0 amide bonds. The molecular weight excluding hydrogens is 348 g/mol. The van der Waals surface area contributed by atoms with Gasteiger partial charge in [0.1, 0.15) is 0 Å². The van der Waals surface area contributed by atoms with Gasteiger partial charge in [-0.05, 0) is 17.7 Å². The van der Waals surface area contributed by atoms with E-state index in [2.05, 4.69) is 5.10 Å². The highest BCUT2D eigenvalue weighted by molar-refractivity contribution is 6.39. The molecule has 1 aliphatic rings. The number of hydrazone groups is 1. The Bertz CT molecular complexity index is 866.